The van der Waals surface area contributed by atoms with Gasteiger partial charge < -0.3 is 4.74 Å². The van der Waals surface area contributed by atoms with Crippen molar-refractivity contribution in [3.05, 3.63) is 103 Å². The number of hydrogen-bond acceptors (Lipinski definition) is 5. The molecule has 0 aromatic heterocycles. The van der Waals surface area contributed by atoms with E-state index in [0.717, 1.165) is 26.1 Å². The van der Waals surface area contributed by atoms with Crippen LogP contribution in [0, 0.1) is 10.1 Å². The van der Waals surface area contributed by atoms with E-state index in [1.165, 1.54) is 18.2 Å². The van der Waals surface area contributed by atoms with Gasteiger partial charge in [0.25, 0.3) is 5.69 Å². The van der Waals surface area contributed by atoms with Crippen LogP contribution in [0.25, 0.3) is 0 Å². The average Bonchev–Trinajstić information content (AvgIpc) is 2.76. The van der Waals surface area contributed by atoms with E-state index >= 15 is 0 Å². The summed E-state index contributed by atoms with van der Waals surface area (Å²) in [6.07, 6.45) is -0.603. The largest absolute Gasteiger partial charge is 0.367 e. The minimum absolute atomic E-state index is 0.0907. The van der Waals surface area contributed by atoms with Crippen molar-refractivity contribution >= 4 is 47.6 Å². The number of nitrogens with one attached hydrogen (secondary N) is 1. The van der Waals surface area contributed by atoms with E-state index < -0.39 is 26.7 Å². The molecule has 0 heterocycles. The van der Waals surface area contributed by atoms with E-state index in [4.69, 9.17) is 4.74 Å². The first-order valence-corrected chi connectivity index (χ1v) is 12.2. The van der Waals surface area contributed by atoms with Crippen molar-refractivity contribution in [3.63, 3.8) is 0 Å². The summed E-state index contributed by atoms with van der Waals surface area (Å²) in [5, 5.41) is 11.2. The van der Waals surface area contributed by atoms with Gasteiger partial charge in [-0.1, -0.05) is 68.3 Å². The highest BCUT2D eigenvalue weighted by atomic mass is 79.9. The molecule has 3 aromatic carbocycles. The molecule has 7 nitrogen and oxygen atoms in total. The number of ether oxygens (including phenoxy) is 1. The first-order valence-electron chi connectivity index (χ1n) is 9.11. The van der Waals surface area contributed by atoms with E-state index in [1.807, 2.05) is 48.5 Å². The molecule has 0 amide bonds. The zero-order valence-electron chi connectivity index (χ0n) is 16.1. The molecule has 0 radical (unpaired) electrons. The summed E-state index contributed by atoms with van der Waals surface area (Å²) in [5.74, 6) is 0. The second kappa shape index (κ2) is 10.5. The zero-order chi connectivity index (χ0) is 22.4. The van der Waals surface area contributed by atoms with E-state index in [-0.39, 0.29) is 18.0 Å². The second-order valence-corrected chi connectivity index (χ2v) is 10.1. The van der Waals surface area contributed by atoms with Gasteiger partial charge in [-0.05, 0) is 41.5 Å². The minimum Gasteiger partial charge on any atom is -0.367 e. The fourth-order valence-corrected chi connectivity index (χ4v) is 4.56. The molecule has 1 atom stereocenters. The zero-order valence-corrected chi connectivity index (χ0v) is 20.1. The van der Waals surface area contributed by atoms with Crippen LogP contribution in [0.15, 0.2) is 86.6 Å². The third-order valence-corrected chi connectivity index (χ3v) is 6.94. The summed E-state index contributed by atoms with van der Waals surface area (Å²) < 4.78 is 35.8. The Morgan fingerprint density at radius 3 is 2.13 bits per heavy atom. The highest BCUT2D eigenvalue weighted by molar-refractivity contribution is 9.10. The lowest BCUT2D eigenvalue weighted by Crippen LogP contribution is -2.30. The maximum Gasteiger partial charge on any atom is 0.289 e. The molecule has 3 rings (SSSR count). The lowest BCUT2D eigenvalue weighted by atomic mass is 10.1. The molecular weight excluding hydrogens is 552 g/mol. The monoisotopic (exact) mass is 568 g/mol. The number of nitro benzene ring substituents is 1. The standard InChI is InChI=1S/C21H18Br2N2O5S/c22-17-9-5-15(6-10-17)14-30-20(16-7-11-18(23)12-8-16)13-24-31(28,29)21-4-2-1-3-19(21)25(26)27/h1-12,20,24H,13-14H2. The highest BCUT2D eigenvalue weighted by Gasteiger charge is 2.26. The number of hydrogen-bond donors (Lipinski definition) is 1. The third-order valence-electron chi connectivity index (χ3n) is 4.42. The molecule has 1 unspecified atom stereocenters. The van der Waals surface area contributed by atoms with Gasteiger partial charge in [-0.3, -0.25) is 10.1 Å². The van der Waals surface area contributed by atoms with Crippen molar-refractivity contribution in [1.82, 2.24) is 4.72 Å². The van der Waals surface area contributed by atoms with Crippen LogP contribution >= 0.6 is 31.9 Å². The lowest BCUT2D eigenvalue weighted by Gasteiger charge is -2.19. The molecule has 0 aliphatic carbocycles. The summed E-state index contributed by atoms with van der Waals surface area (Å²) in [6.45, 7) is 0.174. The molecule has 3 aromatic rings. The summed E-state index contributed by atoms with van der Waals surface area (Å²) in [7, 11) is -4.12. The molecular formula is C21H18Br2N2O5S. The van der Waals surface area contributed by atoms with E-state index in [2.05, 4.69) is 36.6 Å². The Labute approximate surface area is 196 Å². The first kappa shape index (κ1) is 23.6. The quantitative estimate of drug-likeness (QED) is 0.276. The van der Waals surface area contributed by atoms with E-state index in [9.17, 15) is 18.5 Å². The molecule has 0 spiro atoms. The number of nitrogens with zero attached hydrogens (tertiary/aromatic N) is 1. The highest BCUT2D eigenvalue weighted by Crippen LogP contribution is 2.25. The number of sulfonamides is 1. The maximum atomic E-state index is 12.8. The van der Waals surface area contributed by atoms with Gasteiger partial charge in [0.1, 0.15) is 0 Å². The Bertz CT molecular complexity index is 1150. The van der Waals surface area contributed by atoms with Crippen molar-refractivity contribution in [2.24, 2.45) is 0 Å². The fraction of sp³-hybridized carbons (Fsp3) is 0.143. The number of halogens is 2. The van der Waals surface area contributed by atoms with Crippen molar-refractivity contribution in [2.75, 3.05) is 6.54 Å². The summed E-state index contributed by atoms with van der Waals surface area (Å²) in [6, 6.07) is 20.1. The third kappa shape index (κ3) is 6.44. The molecule has 31 heavy (non-hydrogen) atoms. The molecule has 0 fully saturated rings. The SMILES string of the molecule is O=[N+]([O-])c1ccccc1S(=O)(=O)NCC(OCc1ccc(Br)cc1)c1ccc(Br)cc1. The Morgan fingerprint density at radius 1 is 0.935 bits per heavy atom. The predicted octanol–water partition coefficient (Wildman–Crippen LogP) is 5.36. The van der Waals surface area contributed by atoms with Gasteiger partial charge in [0, 0.05) is 21.6 Å². The van der Waals surface area contributed by atoms with Crippen LogP contribution in [-0.4, -0.2) is 19.9 Å². The Morgan fingerprint density at radius 2 is 1.52 bits per heavy atom. The lowest BCUT2D eigenvalue weighted by molar-refractivity contribution is -0.387. The number of rotatable bonds is 9. The van der Waals surface area contributed by atoms with Crippen LogP contribution < -0.4 is 4.72 Å². The topological polar surface area (TPSA) is 98.5 Å². The fourth-order valence-electron chi connectivity index (χ4n) is 2.83. The smallest absolute Gasteiger partial charge is 0.289 e. The van der Waals surface area contributed by atoms with Crippen molar-refractivity contribution in [2.45, 2.75) is 17.6 Å². The van der Waals surface area contributed by atoms with E-state index in [1.54, 1.807) is 0 Å². The normalized spacial score (nSPS) is 12.5. The van der Waals surface area contributed by atoms with Crippen molar-refractivity contribution < 1.29 is 18.1 Å². The van der Waals surface area contributed by atoms with Gasteiger partial charge in [-0.2, -0.15) is 0 Å². The van der Waals surface area contributed by atoms with Gasteiger partial charge in [0.2, 0.25) is 10.0 Å². The average molecular weight is 570 g/mol. The summed E-state index contributed by atoms with van der Waals surface area (Å²) >= 11 is 6.76. The van der Waals surface area contributed by atoms with Crippen LogP contribution in [0.4, 0.5) is 5.69 Å². The Balaban J connectivity index is 1.80. The molecule has 1 N–H and O–H groups in total. The summed E-state index contributed by atoms with van der Waals surface area (Å²) in [4.78, 5) is 10.1. The molecule has 10 heteroatoms. The van der Waals surface area contributed by atoms with Crippen LogP contribution in [0.1, 0.15) is 17.2 Å². The van der Waals surface area contributed by atoms with Crippen molar-refractivity contribution in [3.8, 4) is 0 Å². The molecule has 0 bridgehead atoms. The maximum absolute atomic E-state index is 12.8. The molecule has 0 aliphatic rings. The Kier molecular flexibility index (Phi) is 7.95. The second-order valence-electron chi connectivity index (χ2n) is 6.55. The van der Waals surface area contributed by atoms with Gasteiger partial charge in [-0.25, -0.2) is 13.1 Å². The molecule has 0 aliphatic heterocycles. The molecule has 162 valence electrons. The van der Waals surface area contributed by atoms with Gasteiger partial charge in [-0.15, -0.1) is 0 Å². The predicted molar refractivity (Wildman–Crippen MR) is 124 cm³/mol. The number of para-hydroxylation sites is 1. The van der Waals surface area contributed by atoms with Crippen LogP contribution in [-0.2, 0) is 21.4 Å². The molecule has 0 saturated carbocycles. The van der Waals surface area contributed by atoms with Crippen LogP contribution in [0.3, 0.4) is 0 Å². The Hall–Kier alpha value is -2.11. The number of benzene rings is 3. The van der Waals surface area contributed by atoms with Crippen LogP contribution in [0.2, 0.25) is 0 Å². The number of nitro groups is 1. The summed E-state index contributed by atoms with van der Waals surface area (Å²) in [5.41, 5.74) is 1.21. The van der Waals surface area contributed by atoms with Crippen LogP contribution in [0.5, 0.6) is 0 Å². The van der Waals surface area contributed by atoms with Gasteiger partial charge >= 0.3 is 0 Å². The van der Waals surface area contributed by atoms with E-state index in [0.29, 0.717) is 0 Å². The molecule has 0 saturated heterocycles. The minimum atomic E-state index is -4.12. The van der Waals surface area contributed by atoms with Gasteiger partial charge in [0.15, 0.2) is 4.90 Å². The first-order chi connectivity index (χ1) is 14.8. The van der Waals surface area contributed by atoms with Gasteiger partial charge in [0.05, 0.1) is 17.6 Å². The van der Waals surface area contributed by atoms with Crippen molar-refractivity contribution in [1.29, 1.82) is 0 Å².